The molecule has 2 heterocycles. The number of carbonyl (C=O) groups excluding carboxylic acids is 1. The van der Waals surface area contributed by atoms with Crippen molar-refractivity contribution in [1.82, 2.24) is 5.32 Å². The van der Waals surface area contributed by atoms with Gasteiger partial charge in [-0.15, -0.1) is 0 Å². The van der Waals surface area contributed by atoms with E-state index in [0.29, 0.717) is 10.1 Å². The highest BCUT2D eigenvalue weighted by Gasteiger charge is 2.42. The molecule has 1 saturated carbocycles. The van der Waals surface area contributed by atoms with Gasteiger partial charge in [0, 0.05) is 17.0 Å². The molecule has 7 heteroatoms. The topological polar surface area (TPSA) is 90.2 Å². The smallest absolute Gasteiger partial charge is 0.317 e. The monoisotopic (exact) mass is 346 g/mol. The first kappa shape index (κ1) is 15.4. The molecule has 1 aromatic rings. The molecule has 6 nitrogen and oxygen atoms in total. The fourth-order valence-electron chi connectivity index (χ4n) is 3.61. The van der Waals surface area contributed by atoms with Crippen LogP contribution in [0, 0.1) is 10.6 Å². The van der Waals surface area contributed by atoms with Crippen LogP contribution in [-0.4, -0.2) is 26.1 Å². The van der Waals surface area contributed by atoms with Gasteiger partial charge in [0.15, 0.2) is 16.0 Å². The van der Waals surface area contributed by atoms with Gasteiger partial charge in [0.2, 0.25) is 0 Å². The summed E-state index contributed by atoms with van der Waals surface area (Å²) >= 11 is 0. The molecule has 2 aliphatic carbocycles. The number of hydrogen-bond acceptors (Lipinski definition) is 4. The summed E-state index contributed by atoms with van der Waals surface area (Å²) in [5, 5.41) is 15.8. The van der Waals surface area contributed by atoms with E-state index in [1.54, 1.807) is 6.07 Å². The zero-order chi connectivity index (χ0) is 16.9. The highest BCUT2D eigenvalue weighted by atomic mass is 32.2. The Balaban J connectivity index is 1.47. The molecular formula is C17H18N2O4S. The summed E-state index contributed by atoms with van der Waals surface area (Å²) in [6.45, 7) is 0. The second-order valence-corrected chi connectivity index (χ2v) is 8.86. The molecule has 24 heavy (non-hydrogen) atoms. The number of pyridine rings is 1. The molecule has 1 fully saturated rings. The van der Waals surface area contributed by atoms with Crippen LogP contribution in [0.25, 0.3) is 5.57 Å². The van der Waals surface area contributed by atoms with Crippen molar-refractivity contribution in [3.8, 4) is 0 Å². The van der Waals surface area contributed by atoms with Gasteiger partial charge in [-0.25, -0.2) is 8.42 Å². The third kappa shape index (κ3) is 2.62. The molecule has 0 saturated heterocycles. The van der Waals surface area contributed by atoms with Gasteiger partial charge >= 0.3 is 5.91 Å². The number of aromatic nitrogens is 1. The molecule has 126 valence electrons. The largest absolute Gasteiger partial charge is 0.618 e. The van der Waals surface area contributed by atoms with E-state index in [4.69, 9.17) is 0 Å². The molecule has 1 atom stereocenters. The summed E-state index contributed by atoms with van der Waals surface area (Å²) in [5.74, 6) is -0.730. The number of hydrogen-bond donors (Lipinski definition) is 1. The van der Waals surface area contributed by atoms with E-state index in [0.717, 1.165) is 23.0 Å². The standard InChI is InChI=1S/C17H18N2O4S/c20-16(18-14-4-7-24(22,23)11-14)15-3-2-12(10-19(15)21)13-8-17(9-13)5-1-6-17/h2-4,7-8,10,14H,1,5-6,9,11H2,(H,18,20). The third-order valence-electron chi connectivity index (χ3n) is 5.14. The molecule has 1 aromatic heterocycles. The van der Waals surface area contributed by atoms with E-state index < -0.39 is 21.8 Å². The Morgan fingerprint density at radius 1 is 1.33 bits per heavy atom. The molecule has 3 aliphatic rings. The zero-order valence-corrected chi connectivity index (χ0v) is 13.9. The van der Waals surface area contributed by atoms with Crippen molar-refractivity contribution in [2.45, 2.75) is 31.7 Å². The van der Waals surface area contributed by atoms with E-state index in [-0.39, 0.29) is 11.4 Å². The van der Waals surface area contributed by atoms with Crippen LogP contribution in [0.4, 0.5) is 0 Å². The summed E-state index contributed by atoms with van der Waals surface area (Å²) in [4.78, 5) is 12.2. The second-order valence-electron chi connectivity index (χ2n) is 6.93. The van der Waals surface area contributed by atoms with Crippen LogP contribution in [0.2, 0.25) is 0 Å². The first-order valence-corrected chi connectivity index (χ1v) is 9.75. The lowest BCUT2D eigenvalue weighted by atomic mass is 9.57. The maximum absolute atomic E-state index is 12.2. The molecular weight excluding hydrogens is 328 g/mol. The minimum atomic E-state index is -3.24. The minimum absolute atomic E-state index is 0.0327. The Morgan fingerprint density at radius 3 is 2.62 bits per heavy atom. The van der Waals surface area contributed by atoms with Crippen LogP contribution < -0.4 is 10.0 Å². The zero-order valence-electron chi connectivity index (χ0n) is 13.1. The van der Waals surface area contributed by atoms with E-state index in [9.17, 15) is 18.4 Å². The normalized spacial score (nSPS) is 25.7. The Bertz CT molecular complexity index is 882. The van der Waals surface area contributed by atoms with Gasteiger partial charge in [0.05, 0.1) is 11.8 Å². The minimum Gasteiger partial charge on any atom is -0.618 e. The van der Waals surface area contributed by atoms with Crippen LogP contribution in [0.5, 0.6) is 0 Å². The SMILES string of the molecule is O=C(NC1C=CS(=O)(=O)C1)c1ccc(C2=CC3(CCC3)C2)c[n+]1[O-]. The summed E-state index contributed by atoms with van der Waals surface area (Å²) < 4.78 is 23.3. The molecule has 0 radical (unpaired) electrons. The van der Waals surface area contributed by atoms with Crippen LogP contribution in [-0.2, 0) is 9.84 Å². The van der Waals surface area contributed by atoms with Crippen LogP contribution in [0.3, 0.4) is 0 Å². The molecule has 1 aliphatic heterocycles. The Labute approximate surface area is 140 Å². The van der Waals surface area contributed by atoms with Crippen molar-refractivity contribution in [3.05, 3.63) is 52.4 Å². The van der Waals surface area contributed by atoms with Crippen molar-refractivity contribution in [1.29, 1.82) is 0 Å². The first-order chi connectivity index (χ1) is 11.4. The van der Waals surface area contributed by atoms with E-state index in [2.05, 4.69) is 11.4 Å². The third-order valence-corrected chi connectivity index (χ3v) is 6.53. The van der Waals surface area contributed by atoms with Crippen LogP contribution >= 0.6 is 0 Å². The predicted molar refractivity (Wildman–Crippen MR) is 88.5 cm³/mol. The van der Waals surface area contributed by atoms with Crippen molar-refractivity contribution >= 4 is 21.3 Å². The quantitative estimate of drug-likeness (QED) is 0.660. The van der Waals surface area contributed by atoms with Gasteiger partial charge < -0.3 is 10.5 Å². The highest BCUT2D eigenvalue weighted by molar-refractivity contribution is 7.94. The molecule has 0 aromatic carbocycles. The number of nitrogens with one attached hydrogen (secondary N) is 1. The van der Waals surface area contributed by atoms with Gasteiger partial charge in [-0.3, -0.25) is 4.79 Å². The summed E-state index contributed by atoms with van der Waals surface area (Å²) in [6, 6.07) is 2.69. The van der Waals surface area contributed by atoms with Gasteiger partial charge in [-0.05, 0) is 42.4 Å². The number of sulfone groups is 1. The van der Waals surface area contributed by atoms with Gasteiger partial charge in [-0.2, -0.15) is 4.73 Å². The molecule has 1 N–H and O–H groups in total. The summed E-state index contributed by atoms with van der Waals surface area (Å²) in [5.41, 5.74) is 2.35. The Morgan fingerprint density at radius 2 is 2.08 bits per heavy atom. The number of amides is 1. The average molecular weight is 346 g/mol. The van der Waals surface area contributed by atoms with Crippen LogP contribution in [0.15, 0.2) is 35.9 Å². The Kier molecular flexibility index (Phi) is 3.32. The highest BCUT2D eigenvalue weighted by Crippen LogP contribution is 2.56. The molecule has 0 bridgehead atoms. The number of carbonyl (C=O) groups is 1. The van der Waals surface area contributed by atoms with E-state index >= 15 is 0 Å². The molecule has 1 amide bonds. The lowest BCUT2D eigenvalue weighted by Gasteiger charge is -2.47. The van der Waals surface area contributed by atoms with E-state index in [1.807, 2.05) is 0 Å². The number of nitrogens with zero attached hydrogens (tertiary/aromatic N) is 1. The summed E-state index contributed by atoms with van der Waals surface area (Å²) in [6.07, 6.45) is 9.83. The lowest BCUT2D eigenvalue weighted by Crippen LogP contribution is -2.43. The van der Waals surface area contributed by atoms with Crippen molar-refractivity contribution in [2.24, 2.45) is 5.41 Å². The first-order valence-electron chi connectivity index (χ1n) is 8.03. The van der Waals surface area contributed by atoms with Crippen molar-refractivity contribution < 1.29 is 17.9 Å². The maximum Gasteiger partial charge on any atom is 0.317 e. The van der Waals surface area contributed by atoms with Crippen molar-refractivity contribution in [3.63, 3.8) is 0 Å². The fourth-order valence-corrected chi connectivity index (χ4v) is 4.85. The number of rotatable bonds is 3. The maximum atomic E-state index is 12.2. The average Bonchev–Trinajstić information content (AvgIpc) is 2.74. The fraction of sp³-hybridized carbons (Fsp3) is 0.412. The van der Waals surface area contributed by atoms with E-state index in [1.165, 1.54) is 37.6 Å². The van der Waals surface area contributed by atoms with Gasteiger partial charge in [0.1, 0.15) is 0 Å². The van der Waals surface area contributed by atoms with Gasteiger partial charge in [-0.1, -0.05) is 12.5 Å². The van der Waals surface area contributed by atoms with Gasteiger partial charge in [0.25, 0.3) is 5.69 Å². The summed E-state index contributed by atoms with van der Waals surface area (Å²) in [7, 11) is -3.24. The van der Waals surface area contributed by atoms with Crippen molar-refractivity contribution in [2.75, 3.05) is 5.75 Å². The Hall–Kier alpha value is -2.15. The molecule has 1 unspecified atom stereocenters. The number of allylic oxidation sites excluding steroid dienone is 2. The molecule has 1 spiro atoms. The van der Waals surface area contributed by atoms with Crippen LogP contribution in [0.1, 0.15) is 41.7 Å². The lowest BCUT2D eigenvalue weighted by molar-refractivity contribution is -0.607. The molecule has 4 rings (SSSR count). The predicted octanol–water partition coefficient (Wildman–Crippen LogP) is 1.32. The second kappa shape index (κ2) is 5.17.